The summed E-state index contributed by atoms with van der Waals surface area (Å²) in [5.74, 6) is 2.62. The van der Waals surface area contributed by atoms with E-state index >= 15 is 0 Å². The minimum absolute atomic E-state index is 0.771. The molecule has 3 rings (SSSR count). The molecule has 0 aromatic heterocycles. The molecule has 0 amide bonds. The molecule has 2 fully saturated rings. The Morgan fingerprint density at radius 2 is 1.38 bits per heavy atom. The van der Waals surface area contributed by atoms with Crippen LogP contribution < -0.4 is 5.32 Å². The van der Waals surface area contributed by atoms with Crippen molar-refractivity contribution in [3.05, 3.63) is 35.9 Å². The van der Waals surface area contributed by atoms with E-state index in [4.69, 9.17) is 0 Å². The molecule has 0 aliphatic heterocycles. The Labute approximate surface area is 130 Å². The van der Waals surface area contributed by atoms with Crippen molar-refractivity contribution in [2.24, 2.45) is 11.8 Å². The molecule has 21 heavy (non-hydrogen) atoms. The fraction of sp³-hybridized carbons (Fsp3) is 0.700. The van der Waals surface area contributed by atoms with Gasteiger partial charge in [-0.1, -0.05) is 44.2 Å². The smallest absolute Gasteiger partial charge is 0.00747 e. The Balaban J connectivity index is 1.48. The topological polar surface area (TPSA) is 12.0 Å². The first kappa shape index (κ1) is 15.1. The maximum absolute atomic E-state index is 3.99. The normalized spacial score (nSPS) is 37.3. The first-order valence-electron chi connectivity index (χ1n) is 9.01. The van der Waals surface area contributed by atoms with Crippen LogP contribution in [0.5, 0.6) is 0 Å². The van der Waals surface area contributed by atoms with Crippen LogP contribution >= 0.6 is 0 Å². The molecule has 1 heteroatoms. The molecule has 0 spiro atoms. The molecule has 2 saturated carbocycles. The Kier molecular flexibility index (Phi) is 5.00. The lowest BCUT2D eigenvalue weighted by Gasteiger charge is -2.37. The highest BCUT2D eigenvalue weighted by atomic mass is 15.0. The standard InChI is InChI=1S/C20H31N/c1-15-12-16(2)14-20(13-15)21-19-10-8-18(9-11-19)17-6-4-3-5-7-17/h3-7,15-16,18-21H,8-14H2,1-2H3. The van der Waals surface area contributed by atoms with Crippen LogP contribution in [0.3, 0.4) is 0 Å². The van der Waals surface area contributed by atoms with Gasteiger partial charge in [0.05, 0.1) is 0 Å². The summed E-state index contributed by atoms with van der Waals surface area (Å²) in [6.07, 6.45) is 9.65. The lowest BCUT2D eigenvalue weighted by Crippen LogP contribution is -2.43. The van der Waals surface area contributed by atoms with E-state index < -0.39 is 0 Å². The van der Waals surface area contributed by atoms with Gasteiger partial charge in [-0.05, 0) is 68.3 Å². The second-order valence-electron chi connectivity index (χ2n) is 7.74. The van der Waals surface area contributed by atoms with Crippen LogP contribution in [0.25, 0.3) is 0 Å². The molecule has 1 N–H and O–H groups in total. The summed E-state index contributed by atoms with van der Waals surface area (Å²) in [6.45, 7) is 4.85. The third kappa shape index (κ3) is 4.10. The van der Waals surface area contributed by atoms with Gasteiger partial charge >= 0.3 is 0 Å². The van der Waals surface area contributed by atoms with Crippen molar-refractivity contribution in [2.75, 3.05) is 0 Å². The average Bonchev–Trinajstić information content (AvgIpc) is 2.48. The van der Waals surface area contributed by atoms with E-state index in [0.717, 1.165) is 29.8 Å². The monoisotopic (exact) mass is 285 g/mol. The summed E-state index contributed by atoms with van der Waals surface area (Å²) in [5.41, 5.74) is 1.55. The summed E-state index contributed by atoms with van der Waals surface area (Å²) in [5, 5.41) is 3.99. The van der Waals surface area contributed by atoms with Gasteiger partial charge in [0.25, 0.3) is 0 Å². The SMILES string of the molecule is CC1CC(C)CC(NC2CCC(c3ccccc3)CC2)C1. The van der Waals surface area contributed by atoms with Crippen molar-refractivity contribution in [1.29, 1.82) is 0 Å². The van der Waals surface area contributed by atoms with E-state index in [1.54, 1.807) is 5.56 Å². The Bertz CT molecular complexity index is 409. The first-order chi connectivity index (χ1) is 10.2. The third-order valence-electron chi connectivity index (χ3n) is 5.65. The van der Waals surface area contributed by atoms with E-state index in [1.807, 2.05) is 0 Å². The zero-order chi connectivity index (χ0) is 14.7. The van der Waals surface area contributed by atoms with Crippen molar-refractivity contribution in [3.63, 3.8) is 0 Å². The van der Waals surface area contributed by atoms with Gasteiger partial charge in [0, 0.05) is 12.1 Å². The molecular weight excluding hydrogens is 254 g/mol. The Hall–Kier alpha value is -0.820. The van der Waals surface area contributed by atoms with Gasteiger partial charge in [0.15, 0.2) is 0 Å². The van der Waals surface area contributed by atoms with Crippen molar-refractivity contribution in [1.82, 2.24) is 5.32 Å². The van der Waals surface area contributed by atoms with Gasteiger partial charge in [-0.15, -0.1) is 0 Å². The maximum Gasteiger partial charge on any atom is 0.00747 e. The molecule has 0 heterocycles. The Morgan fingerprint density at radius 3 is 2.00 bits per heavy atom. The lowest BCUT2D eigenvalue weighted by atomic mass is 9.78. The van der Waals surface area contributed by atoms with Crippen molar-refractivity contribution < 1.29 is 0 Å². The maximum atomic E-state index is 3.99. The molecule has 2 atom stereocenters. The molecular formula is C20H31N. The van der Waals surface area contributed by atoms with Crippen LogP contribution in [0.4, 0.5) is 0 Å². The van der Waals surface area contributed by atoms with Gasteiger partial charge in [0.1, 0.15) is 0 Å². The Morgan fingerprint density at radius 1 is 0.762 bits per heavy atom. The summed E-state index contributed by atoms with van der Waals surface area (Å²) >= 11 is 0. The van der Waals surface area contributed by atoms with Gasteiger partial charge < -0.3 is 5.32 Å². The van der Waals surface area contributed by atoms with Crippen molar-refractivity contribution in [3.8, 4) is 0 Å². The number of nitrogens with one attached hydrogen (secondary N) is 1. The summed E-state index contributed by atoms with van der Waals surface area (Å²) in [4.78, 5) is 0. The fourth-order valence-electron chi connectivity index (χ4n) is 4.73. The fourth-order valence-corrected chi connectivity index (χ4v) is 4.73. The van der Waals surface area contributed by atoms with Gasteiger partial charge in [-0.3, -0.25) is 0 Å². The van der Waals surface area contributed by atoms with Crippen LogP contribution in [-0.4, -0.2) is 12.1 Å². The van der Waals surface area contributed by atoms with Gasteiger partial charge in [-0.25, -0.2) is 0 Å². The quantitative estimate of drug-likeness (QED) is 0.812. The number of hydrogen-bond donors (Lipinski definition) is 1. The zero-order valence-corrected chi connectivity index (χ0v) is 13.7. The molecule has 1 aromatic rings. The second-order valence-corrected chi connectivity index (χ2v) is 7.74. The van der Waals surface area contributed by atoms with Gasteiger partial charge in [-0.2, -0.15) is 0 Å². The van der Waals surface area contributed by atoms with E-state index in [9.17, 15) is 0 Å². The number of benzene rings is 1. The van der Waals surface area contributed by atoms with Crippen LogP contribution in [0, 0.1) is 11.8 Å². The summed E-state index contributed by atoms with van der Waals surface area (Å²) in [7, 11) is 0. The summed E-state index contributed by atoms with van der Waals surface area (Å²) < 4.78 is 0. The molecule has 2 aliphatic carbocycles. The first-order valence-corrected chi connectivity index (χ1v) is 9.01. The number of hydrogen-bond acceptors (Lipinski definition) is 1. The largest absolute Gasteiger partial charge is 0.311 e. The molecule has 1 aromatic carbocycles. The molecule has 0 bridgehead atoms. The third-order valence-corrected chi connectivity index (χ3v) is 5.65. The predicted molar refractivity (Wildman–Crippen MR) is 90.5 cm³/mol. The van der Waals surface area contributed by atoms with Gasteiger partial charge in [0.2, 0.25) is 0 Å². The molecule has 2 unspecified atom stereocenters. The van der Waals surface area contributed by atoms with E-state index in [1.165, 1.54) is 44.9 Å². The van der Waals surface area contributed by atoms with Crippen molar-refractivity contribution in [2.45, 2.75) is 76.8 Å². The molecule has 2 aliphatic rings. The van der Waals surface area contributed by atoms with Crippen LogP contribution in [-0.2, 0) is 0 Å². The highest BCUT2D eigenvalue weighted by Crippen LogP contribution is 2.34. The molecule has 1 nitrogen and oxygen atoms in total. The molecule has 116 valence electrons. The van der Waals surface area contributed by atoms with E-state index in [-0.39, 0.29) is 0 Å². The van der Waals surface area contributed by atoms with Crippen LogP contribution in [0.2, 0.25) is 0 Å². The average molecular weight is 285 g/mol. The van der Waals surface area contributed by atoms with E-state index in [2.05, 4.69) is 49.5 Å². The van der Waals surface area contributed by atoms with E-state index in [0.29, 0.717) is 0 Å². The lowest BCUT2D eigenvalue weighted by molar-refractivity contribution is 0.208. The predicted octanol–water partition coefficient (Wildman–Crippen LogP) is 5.13. The van der Waals surface area contributed by atoms with Crippen LogP contribution in [0.1, 0.15) is 70.3 Å². The molecule has 0 radical (unpaired) electrons. The molecule has 0 saturated heterocycles. The highest BCUT2D eigenvalue weighted by Gasteiger charge is 2.28. The summed E-state index contributed by atoms with van der Waals surface area (Å²) in [6, 6.07) is 12.7. The second kappa shape index (κ2) is 6.96. The zero-order valence-electron chi connectivity index (χ0n) is 13.7. The minimum Gasteiger partial charge on any atom is -0.311 e. The highest BCUT2D eigenvalue weighted by molar-refractivity contribution is 5.20. The minimum atomic E-state index is 0.771. The number of rotatable bonds is 3. The van der Waals surface area contributed by atoms with Crippen molar-refractivity contribution >= 4 is 0 Å². The van der Waals surface area contributed by atoms with Crippen LogP contribution in [0.15, 0.2) is 30.3 Å².